The number of nitrogens with zero attached hydrogens (tertiary/aromatic N) is 2. The number of amides is 1. The maximum Gasteiger partial charge on any atom is 0.289 e. The Morgan fingerprint density at radius 2 is 1.92 bits per heavy atom. The first-order chi connectivity index (χ1) is 11.8. The molecule has 6 nitrogen and oxygen atoms in total. The highest BCUT2D eigenvalue weighted by Crippen LogP contribution is 2.31. The molecule has 3 aromatic rings. The smallest absolute Gasteiger partial charge is 0.289 e. The van der Waals surface area contributed by atoms with Gasteiger partial charge < -0.3 is 10.1 Å². The van der Waals surface area contributed by atoms with Crippen molar-refractivity contribution in [2.75, 3.05) is 6.61 Å². The first-order valence-electron chi connectivity index (χ1n) is 7.81. The second-order valence-electron chi connectivity index (χ2n) is 5.57. The normalized spacial score (nSPS) is 16.1. The third kappa shape index (κ3) is 2.74. The van der Waals surface area contributed by atoms with Gasteiger partial charge in [-0.1, -0.05) is 48.5 Å². The molecular weight excluding hydrogens is 304 g/mol. The Balaban J connectivity index is 1.53. The zero-order chi connectivity index (χ0) is 16.4. The van der Waals surface area contributed by atoms with Gasteiger partial charge in [0.05, 0.1) is 12.6 Å². The summed E-state index contributed by atoms with van der Waals surface area (Å²) in [6, 6.07) is 17.2. The molecule has 0 aliphatic carbocycles. The molecule has 0 fully saturated rings. The van der Waals surface area contributed by atoms with E-state index in [9.17, 15) is 4.79 Å². The predicted octanol–water partition coefficient (Wildman–Crippen LogP) is 2.73. The van der Waals surface area contributed by atoms with Gasteiger partial charge in [0.1, 0.15) is 5.75 Å². The number of aromatic amines is 1. The number of rotatable bonds is 3. The van der Waals surface area contributed by atoms with Crippen molar-refractivity contribution in [1.82, 2.24) is 20.5 Å². The first-order valence-corrected chi connectivity index (χ1v) is 7.81. The number of hydrogen-bond acceptors (Lipinski definition) is 4. The molecule has 0 bridgehead atoms. The fraction of sp³-hybridized carbons (Fsp3) is 0.167. The summed E-state index contributed by atoms with van der Waals surface area (Å²) in [7, 11) is 0. The van der Waals surface area contributed by atoms with E-state index in [0.717, 1.165) is 23.3 Å². The van der Waals surface area contributed by atoms with Gasteiger partial charge in [-0.25, -0.2) is 4.98 Å². The van der Waals surface area contributed by atoms with Crippen molar-refractivity contribution in [3.05, 3.63) is 66.0 Å². The van der Waals surface area contributed by atoms with Crippen molar-refractivity contribution >= 4 is 5.91 Å². The number of fused-ring (bicyclic) bond motifs is 1. The van der Waals surface area contributed by atoms with Gasteiger partial charge in [0.15, 0.2) is 5.82 Å². The van der Waals surface area contributed by atoms with Crippen LogP contribution in [-0.2, 0) is 0 Å². The van der Waals surface area contributed by atoms with Crippen LogP contribution in [0.5, 0.6) is 5.75 Å². The van der Waals surface area contributed by atoms with Crippen molar-refractivity contribution < 1.29 is 9.53 Å². The number of carbonyl (C=O) groups is 1. The zero-order valence-corrected chi connectivity index (χ0v) is 12.9. The summed E-state index contributed by atoms with van der Waals surface area (Å²) in [6.07, 6.45) is 0.725. The largest absolute Gasteiger partial charge is 0.493 e. The quantitative estimate of drug-likeness (QED) is 0.777. The third-order valence-electron chi connectivity index (χ3n) is 4.00. The van der Waals surface area contributed by atoms with Crippen LogP contribution in [0.1, 0.15) is 28.6 Å². The van der Waals surface area contributed by atoms with Gasteiger partial charge in [0, 0.05) is 17.5 Å². The summed E-state index contributed by atoms with van der Waals surface area (Å²) in [5.41, 5.74) is 1.85. The average molecular weight is 320 g/mol. The minimum absolute atomic E-state index is 0.0901. The molecular formula is C18H16N4O2. The van der Waals surface area contributed by atoms with Crippen molar-refractivity contribution in [3.63, 3.8) is 0 Å². The van der Waals surface area contributed by atoms with E-state index < -0.39 is 0 Å². The van der Waals surface area contributed by atoms with Crippen LogP contribution < -0.4 is 10.1 Å². The maximum absolute atomic E-state index is 12.5. The number of para-hydroxylation sites is 1. The number of carbonyl (C=O) groups excluding carboxylic acids is 1. The number of ether oxygens (including phenoxy) is 1. The van der Waals surface area contributed by atoms with E-state index in [0.29, 0.717) is 12.4 Å². The van der Waals surface area contributed by atoms with Gasteiger partial charge in [-0.3, -0.25) is 9.89 Å². The monoisotopic (exact) mass is 320 g/mol. The summed E-state index contributed by atoms with van der Waals surface area (Å²) < 4.78 is 5.62. The lowest BCUT2D eigenvalue weighted by Gasteiger charge is -2.26. The molecule has 1 aliphatic rings. The standard InChI is InChI=1S/C18H16N4O2/c23-18(17-20-16(21-22-17)12-6-2-1-3-7-12)19-14-10-11-24-15-9-5-4-8-13(14)15/h1-9,14H,10-11H2,(H,19,23)(H,20,21,22)/t14-/m0/s1. The van der Waals surface area contributed by atoms with Crippen molar-refractivity contribution in [3.8, 4) is 17.1 Å². The Kier molecular flexibility index (Phi) is 3.70. The number of nitrogens with one attached hydrogen (secondary N) is 2. The molecule has 0 saturated carbocycles. The number of H-pyrrole nitrogens is 1. The summed E-state index contributed by atoms with van der Waals surface area (Å²) >= 11 is 0. The SMILES string of the molecule is O=C(N[C@H]1CCOc2ccccc21)c1nc(-c2ccccc2)n[nH]1. The highest BCUT2D eigenvalue weighted by Gasteiger charge is 2.24. The molecule has 6 heteroatoms. The highest BCUT2D eigenvalue weighted by molar-refractivity contribution is 5.91. The van der Waals surface area contributed by atoms with Crippen LogP contribution in [0.2, 0.25) is 0 Å². The van der Waals surface area contributed by atoms with Crippen molar-refractivity contribution in [2.45, 2.75) is 12.5 Å². The van der Waals surface area contributed by atoms with E-state index in [2.05, 4.69) is 20.5 Å². The van der Waals surface area contributed by atoms with E-state index in [1.807, 2.05) is 54.6 Å². The van der Waals surface area contributed by atoms with Gasteiger partial charge in [-0.2, -0.15) is 5.10 Å². The number of aromatic nitrogens is 3. The van der Waals surface area contributed by atoms with E-state index in [1.165, 1.54) is 0 Å². The zero-order valence-electron chi connectivity index (χ0n) is 12.9. The Morgan fingerprint density at radius 1 is 1.12 bits per heavy atom. The molecule has 0 spiro atoms. The van der Waals surface area contributed by atoms with E-state index >= 15 is 0 Å². The fourth-order valence-corrected chi connectivity index (χ4v) is 2.80. The lowest BCUT2D eigenvalue weighted by Crippen LogP contribution is -2.32. The lowest BCUT2D eigenvalue weighted by molar-refractivity contribution is 0.0914. The Morgan fingerprint density at radius 3 is 2.79 bits per heavy atom. The Labute approximate surface area is 138 Å². The molecule has 2 heterocycles. The Hall–Kier alpha value is -3.15. The molecule has 2 N–H and O–H groups in total. The second-order valence-corrected chi connectivity index (χ2v) is 5.57. The molecule has 1 aliphatic heterocycles. The van der Waals surface area contributed by atoms with Crippen LogP contribution in [-0.4, -0.2) is 27.7 Å². The van der Waals surface area contributed by atoms with Gasteiger partial charge in [0.25, 0.3) is 5.91 Å². The fourth-order valence-electron chi connectivity index (χ4n) is 2.80. The molecule has 24 heavy (non-hydrogen) atoms. The minimum Gasteiger partial charge on any atom is -0.493 e. The van der Waals surface area contributed by atoms with E-state index in [4.69, 9.17) is 4.74 Å². The lowest BCUT2D eigenvalue weighted by atomic mass is 10.0. The molecule has 4 rings (SSSR count). The molecule has 1 aromatic heterocycles. The van der Waals surface area contributed by atoms with Crippen LogP contribution in [0.15, 0.2) is 54.6 Å². The molecule has 0 saturated heterocycles. The highest BCUT2D eigenvalue weighted by atomic mass is 16.5. The van der Waals surface area contributed by atoms with Gasteiger partial charge in [0.2, 0.25) is 5.82 Å². The van der Waals surface area contributed by atoms with Crippen LogP contribution in [0.4, 0.5) is 0 Å². The van der Waals surface area contributed by atoms with E-state index in [1.54, 1.807) is 0 Å². The second kappa shape index (κ2) is 6.16. The predicted molar refractivity (Wildman–Crippen MR) is 88.6 cm³/mol. The first kappa shape index (κ1) is 14.4. The van der Waals surface area contributed by atoms with E-state index in [-0.39, 0.29) is 17.8 Å². The summed E-state index contributed by atoms with van der Waals surface area (Å²) in [5.74, 6) is 1.26. The summed E-state index contributed by atoms with van der Waals surface area (Å²) in [5, 5.41) is 9.84. The number of hydrogen-bond donors (Lipinski definition) is 2. The molecule has 2 aromatic carbocycles. The van der Waals surface area contributed by atoms with Crippen LogP contribution in [0, 0.1) is 0 Å². The molecule has 0 unspecified atom stereocenters. The van der Waals surface area contributed by atoms with Crippen LogP contribution in [0.25, 0.3) is 11.4 Å². The molecule has 0 radical (unpaired) electrons. The van der Waals surface area contributed by atoms with Crippen molar-refractivity contribution in [2.24, 2.45) is 0 Å². The maximum atomic E-state index is 12.5. The third-order valence-corrected chi connectivity index (χ3v) is 4.00. The minimum atomic E-state index is -0.272. The average Bonchev–Trinajstić information content (AvgIpc) is 3.13. The van der Waals surface area contributed by atoms with Crippen molar-refractivity contribution in [1.29, 1.82) is 0 Å². The Bertz CT molecular complexity index is 860. The van der Waals surface area contributed by atoms with Gasteiger partial charge in [-0.05, 0) is 6.07 Å². The molecule has 1 amide bonds. The van der Waals surface area contributed by atoms with Gasteiger partial charge in [-0.15, -0.1) is 0 Å². The van der Waals surface area contributed by atoms with Gasteiger partial charge >= 0.3 is 0 Å². The summed E-state index contributed by atoms with van der Waals surface area (Å²) in [6.45, 7) is 0.577. The van der Waals surface area contributed by atoms with Crippen LogP contribution >= 0.6 is 0 Å². The topological polar surface area (TPSA) is 79.9 Å². The summed E-state index contributed by atoms with van der Waals surface area (Å²) in [4.78, 5) is 16.8. The van der Waals surface area contributed by atoms with Crippen LogP contribution in [0.3, 0.4) is 0 Å². The molecule has 120 valence electrons. The number of benzene rings is 2. The molecule has 1 atom stereocenters.